The van der Waals surface area contributed by atoms with E-state index in [2.05, 4.69) is 14.5 Å². The van der Waals surface area contributed by atoms with E-state index in [9.17, 15) is 0 Å². The molecule has 0 spiro atoms. The molecular formula is C13H15N3OS. The lowest BCUT2D eigenvalue weighted by atomic mass is 10.1. The smallest absolute Gasteiger partial charge is 0.178 e. The van der Waals surface area contributed by atoms with Gasteiger partial charge in [0.1, 0.15) is 0 Å². The summed E-state index contributed by atoms with van der Waals surface area (Å²) in [5.41, 5.74) is 2.17. The Balaban J connectivity index is 1.86. The minimum atomic E-state index is 0.351. The zero-order valence-electron chi connectivity index (χ0n) is 10.0. The van der Waals surface area contributed by atoms with E-state index in [0.717, 1.165) is 34.8 Å². The maximum atomic E-state index is 5.92. The molecule has 2 atom stereocenters. The number of imidazole rings is 1. The lowest BCUT2D eigenvalue weighted by Gasteiger charge is -2.20. The number of hydrogen-bond donors (Lipinski definition) is 1. The number of aromatic nitrogens is 3. The first-order valence-corrected chi connectivity index (χ1v) is 6.91. The molecule has 1 saturated carbocycles. The van der Waals surface area contributed by atoms with Crippen molar-refractivity contribution in [3.05, 3.63) is 23.2 Å². The average Bonchev–Trinajstić information content (AvgIpc) is 3.01. The predicted molar refractivity (Wildman–Crippen MR) is 71.0 cm³/mol. The minimum absolute atomic E-state index is 0.351. The molecule has 5 heteroatoms. The Morgan fingerprint density at radius 1 is 1.39 bits per heavy atom. The molecule has 0 aromatic carbocycles. The summed E-state index contributed by atoms with van der Waals surface area (Å²) in [6, 6.07) is 2.42. The van der Waals surface area contributed by atoms with Crippen molar-refractivity contribution in [3.8, 4) is 0 Å². The summed E-state index contributed by atoms with van der Waals surface area (Å²) >= 11 is 5.47. The van der Waals surface area contributed by atoms with Crippen molar-refractivity contribution < 1.29 is 4.74 Å². The fourth-order valence-electron chi connectivity index (χ4n) is 3.06. The van der Waals surface area contributed by atoms with Gasteiger partial charge in [-0.05, 0) is 43.5 Å². The lowest BCUT2D eigenvalue weighted by molar-refractivity contribution is 0.0756. The van der Waals surface area contributed by atoms with Crippen LogP contribution >= 0.6 is 12.2 Å². The largest absolute Gasteiger partial charge is 0.376 e. The molecule has 2 aromatic heterocycles. The molecule has 18 heavy (non-hydrogen) atoms. The molecule has 0 bridgehead atoms. The number of hydrogen-bond acceptors (Lipinski definition) is 3. The second-order valence-corrected chi connectivity index (χ2v) is 5.61. The fraction of sp³-hybridized carbons (Fsp3) is 0.538. The number of nitrogens with zero attached hydrogens (tertiary/aromatic N) is 2. The van der Waals surface area contributed by atoms with Crippen LogP contribution in [0.15, 0.2) is 18.5 Å². The van der Waals surface area contributed by atoms with E-state index in [1.807, 2.05) is 18.5 Å². The normalized spacial score (nSPS) is 28.0. The molecule has 0 radical (unpaired) electrons. The number of ether oxygens (including phenoxy) is 1. The van der Waals surface area contributed by atoms with Crippen LogP contribution in [0.1, 0.15) is 25.3 Å². The maximum Gasteiger partial charge on any atom is 0.178 e. The van der Waals surface area contributed by atoms with Crippen molar-refractivity contribution in [2.75, 3.05) is 6.61 Å². The molecule has 2 unspecified atom stereocenters. The standard InChI is InChI=1S/C13H15N3OS/c18-13-15-9-7-14-5-3-10(9)16(13)11-4-6-17-12(11)8-1-2-8/h3,5,7-8,11-12H,1-2,4,6H2,(H,15,18). The Bertz CT molecular complexity index is 643. The van der Waals surface area contributed by atoms with Crippen molar-refractivity contribution in [2.45, 2.75) is 31.4 Å². The molecule has 2 aromatic rings. The third-order valence-corrected chi connectivity index (χ3v) is 4.34. The summed E-state index contributed by atoms with van der Waals surface area (Å²) in [5.74, 6) is 0.742. The van der Waals surface area contributed by atoms with Crippen molar-refractivity contribution in [1.29, 1.82) is 0 Å². The Hall–Kier alpha value is -1.20. The van der Waals surface area contributed by atoms with Crippen LogP contribution in [-0.4, -0.2) is 27.2 Å². The zero-order chi connectivity index (χ0) is 12.1. The predicted octanol–water partition coefficient (Wildman–Crippen LogP) is 2.83. The van der Waals surface area contributed by atoms with Gasteiger partial charge in [0.15, 0.2) is 4.77 Å². The van der Waals surface area contributed by atoms with E-state index in [-0.39, 0.29) is 0 Å². The highest BCUT2D eigenvalue weighted by Gasteiger charge is 2.42. The number of aromatic amines is 1. The van der Waals surface area contributed by atoms with Crippen LogP contribution < -0.4 is 0 Å². The quantitative estimate of drug-likeness (QED) is 0.845. The van der Waals surface area contributed by atoms with Crippen LogP contribution in [0, 0.1) is 10.7 Å². The molecule has 94 valence electrons. The molecule has 1 aliphatic carbocycles. The SMILES string of the molecule is S=c1[nH]c2cnccc2n1C1CCOC1C1CC1. The molecule has 1 N–H and O–H groups in total. The number of rotatable bonds is 2. The van der Waals surface area contributed by atoms with Gasteiger partial charge in [-0.3, -0.25) is 4.98 Å². The molecule has 1 aliphatic heterocycles. The summed E-state index contributed by atoms with van der Waals surface area (Å²) in [6.45, 7) is 0.853. The number of H-pyrrole nitrogens is 1. The molecule has 1 saturated heterocycles. The highest BCUT2D eigenvalue weighted by Crippen LogP contribution is 2.44. The molecule has 2 aliphatic rings. The van der Waals surface area contributed by atoms with Gasteiger partial charge in [-0.15, -0.1) is 0 Å². The molecular weight excluding hydrogens is 246 g/mol. The van der Waals surface area contributed by atoms with Crippen molar-refractivity contribution in [2.24, 2.45) is 5.92 Å². The average molecular weight is 261 g/mol. The van der Waals surface area contributed by atoms with E-state index in [1.54, 1.807) is 0 Å². The molecule has 4 rings (SSSR count). The lowest BCUT2D eigenvalue weighted by Crippen LogP contribution is -2.22. The van der Waals surface area contributed by atoms with Gasteiger partial charge in [-0.25, -0.2) is 0 Å². The Labute approximate surface area is 110 Å². The molecule has 4 nitrogen and oxygen atoms in total. The Morgan fingerprint density at radius 3 is 3.11 bits per heavy atom. The molecule has 3 heterocycles. The summed E-state index contributed by atoms with van der Waals surface area (Å²) in [4.78, 5) is 7.38. The van der Waals surface area contributed by atoms with Crippen LogP contribution in [0.2, 0.25) is 0 Å². The second-order valence-electron chi connectivity index (χ2n) is 5.22. The molecule has 2 fully saturated rings. The summed E-state index contributed by atoms with van der Waals surface area (Å²) < 4.78 is 8.95. The van der Waals surface area contributed by atoms with Gasteiger partial charge in [0.25, 0.3) is 0 Å². The Kier molecular flexibility index (Phi) is 2.32. The third-order valence-electron chi connectivity index (χ3n) is 4.04. The minimum Gasteiger partial charge on any atom is -0.376 e. The van der Waals surface area contributed by atoms with E-state index < -0.39 is 0 Å². The van der Waals surface area contributed by atoms with Crippen LogP contribution in [-0.2, 0) is 4.74 Å². The van der Waals surface area contributed by atoms with Gasteiger partial charge in [0.2, 0.25) is 0 Å². The van der Waals surface area contributed by atoms with Gasteiger partial charge in [-0.2, -0.15) is 0 Å². The van der Waals surface area contributed by atoms with E-state index in [0.29, 0.717) is 12.1 Å². The second kappa shape index (κ2) is 3.90. The number of pyridine rings is 1. The monoisotopic (exact) mass is 261 g/mol. The summed E-state index contributed by atoms with van der Waals surface area (Å²) in [7, 11) is 0. The van der Waals surface area contributed by atoms with Gasteiger partial charge < -0.3 is 14.3 Å². The zero-order valence-corrected chi connectivity index (χ0v) is 10.8. The van der Waals surface area contributed by atoms with Gasteiger partial charge in [-0.1, -0.05) is 0 Å². The maximum absolute atomic E-state index is 5.92. The van der Waals surface area contributed by atoms with Crippen molar-refractivity contribution in [1.82, 2.24) is 14.5 Å². The molecule has 0 amide bonds. The van der Waals surface area contributed by atoms with E-state index in [1.165, 1.54) is 12.8 Å². The highest BCUT2D eigenvalue weighted by molar-refractivity contribution is 7.71. The number of fused-ring (bicyclic) bond motifs is 1. The Morgan fingerprint density at radius 2 is 2.28 bits per heavy atom. The van der Waals surface area contributed by atoms with Gasteiger partial charge in [0, 0.05) is 12.8 Å². The first kappa shape index (κ1) is 10.7. The van der Waals surface area contributed by atoms with Crippen LogP contribution in [0.3, 0.4) is 0 Å². The van der Waals surface area contributed by atoms with E-state index in [4.69, 9.17) is 17.0 Å². The fourth-order valence-corrected chi connectivity index (χ4v) is 3.40. The van der Waals surface area contributed by atoms with Crippen molar-refractivity contribution >= 4 is 23.3 Å². The van der Waals surface area contributed by atoms with Gasteiger partial charge in [0.05, 0.1) is 29.4 Å². The van der Waals surface area contributed by atoms with Crippen molar-refractivity contribution in [3.63, 3.8) is 0 Å². The third kappa shape index (κ3) is 1.54. The van der Waals surface area contributed by atoms with Crippen LogP contribution in [0.25, 0.3) is 11.0 Å². The first-order chi connectivity index (χ1) is 8.84. The van der Waals surface area contributed by atoms with Crippen LogP contribution in [0.5, 0.6) is 0 Å². The summed E-state index contributed by atoms with van der Waals surface area (Å²) in [5, 5.41) is 0. The summed E-state index contributed by atoms with van der Waals surface area (Å²) in [6.07, 6.45) is 7.68. The van der Waals surface area contributed by atoms with Crippen LogP contribution in [0.4, 0.5) is 0 Å². The highest BCUT2D eigenvalue weighted by atomic mass is 32.1. The van der Waals surface area contributed by atoms with Gasteiger partial charge >= 0.3 is 0 Å². The first-order valence-electron chi connectivity index (χ1n) is 6.50. The topological polar surface area (TPSA) is 42.8 Å². The van der Waals surface area contributed by atoms with E-state index >= 15 is 0 Å². The number of nitrogens with one attached hydrogen (secondary N) is 1.